The Morgan fingerprint density at radius 1 is 1.28 bits per heavy atom. The molecule has 0 spiro atoms. The molecule has 0 bridgehead atoms. The standard InChI is InChI=1S/C18H15FN4OS/c1-3-22(2)13-7-8-20-17-14(13)15-16(25-17)18(24)23(10-21-15)12-6-4-5-11(19)9-12/h4-10H,3H2,1-2H3. The van der Waals surface area contributed by atoms with E-state index in [0.717, 1.165) is 22.4 Å². The first-order valence-electron chi connectivity index (χ1n) is 7.86. The quantitative estimate of drug-likeness (QED) is 0.564. The summed E-state index contributed by atoms with van der Waals surface area (Å²) in [6, 6.07) is 7.84. The monoisotopic (exact) mass is 354 g/mol. The molecule has 0 unspecified atom stereocenters. The van der Waals surface area contributed by atoms with E-state index in [-0.39, 0.29) is 5.56 Å². The van der Waals surface area contributed by atoms with Crippen LogP contribution in [-0.4, -0.2) is 28.1 Å². The second-order valence-electron chi connectivity index (χ2n) is 5.70. The van der Waals surface area contributed by atoms with Crippen LogP contribution >= 0.6 is 11.3 Å². The van der Waals surface area contributed by atoms with Crippen molar-refractivity contribution in [3.05, 3.63) is 59.0 Å². The van der Waals surface area contributed by atoms with Gasteiger partial charge >= 0.3 is 0 Å². The molecule has 4 rings (SSSR count). The van der Waals surface area contributed by atoms with E-state index < -0.39 is 5.82 Å². The molecule has 0 fully saturated rings. The highest BCUT2D eigenvalue weighted by Gasteiger charge is 2.17. The third-order valence-electron chi connectivity index (χ3n) is 4.23. The average Bonchev–Trinajstić information content (AvgIpc) is 3.01. The molecule has 5 nitrogen and oxygen atoms in total. The summed E-state index contributed by atoms with van der Waals surface area (Å²) in [4.78, 5) is 24.7. The van der Waals surface area contributed by atoms with Gasteiger partial charge in [0.2, 0.25) is 0 Å². The Balaban J connectivity index is 2.03. The summed E-state index contributed by atoms with van der Waals surface area (Å²) >= 11 is 1.32. The van der Waals surface area contributed by atoms with Gasteiger partial charge in [0.1, 0.15) is 27.2 Å². The Morgan fingerprint density at radius 3 is 2.88 bits per heavy atom. The van der Waals surface area contributed by atoms with Gasteiger partial charge in [0, 0.05) is 19.8 Å². The number of pyridine rings is 1. The summed E-state index contributed by atoms with van der Waals surface area (Å²) in [7, 11) is 1.99. The zero-order chi connectivity index (χ0) is 17.6. The molecule has 0 radical (unpaired) electrons. The van der Waals surface area contributed by atoms with E-state index in [2.05, 4.69) is 21.8 Å². The van der Waals surface area contributed by atoms with Gasteiger partial charge in [0.05, 0.1) is 16.8 Å². The number of rotatable bonds is 3. The van der Waals surface area contributed by atoms with Crippen LogP contribution in [0.2, 0.25) is 0 Å². The number of nitrogens with zero attached hydrogens (tertiary/aromatic N) is 4. The summed E-state index contributed by atoms with van der Waals surface area (Å²) in [5.41, 5.74) is 1.87. The first-order valence-corrected chi connectivity index (χ1v) is 8.67. The van der Waals surface area contributed by atoms with Crippen LogP contribution in [0.4, 0.5) is 10.1 Å². The molecule has 7 heteroatoms. The minimum atomic E-state index is -0.394. The Kier molecular flexibility index (Phi) is 3.73. The zero-order valence-corrected chi connectivity index (χ0v) is 14.5. The number of benzene rings is 1. The number of halogens is 1. The molecule has 0 atom stereocenters. The first-order chi connectivity index (χ1) is 12.1. The van der Waals surface area contributed by atoms with E-state index in [1.54, 1.807) is 18.3 Å². The van der Waals surface area contributed by atoms with Crippen LogP contribution in [0.25, 0.3) is 26.1 Å². The molecule has 0 saturated carbocycles. The van der Waals surface area contributed by atoms with Gasteiger partial charge in [0.15, 0.2) is 0 Å². The van der Waals surface area contributed by atoms with Gasteiger partial charge in [0.25, 0.3) is 5.56 Å². The van der Waals surface area contributed by atoms with E-state index in [4.69, 9.17) is 0 Å². The normalized spacial score (nSPS) is 11.3. The van der Waals surface area contributed by atoms with E-state index in [1.807, 2.05) is 13.1 Å². The Morgan fingerprint density at radius 2 is 2.12 bits per heavy atom. The van der Waals surface area contributed by atoms with Crippen molar-refractivity contribution >= 4 is 37.5 Å². The highest BCUT2D eigenvalue weighted by atomic mass is 32.1. The topological polar surface area (TPSA) is 51.0 Å². The second kappa shape index (κ2) is 5.93. The van der Waals surface area contributed by atoms with Gasteiger partial charge in [-0.3, -0.25) is 9.36 Å². The van der Waals surface area contributed by atoms with Crippen molar-refractivity contribution in [1.29, 1.82) is 0 Å². The van der Waals surface area contributed by atoms with Gasteiger partial charge in [-0.1, -0.05) is 6.07 Å². The maximum Gasteiger partial charge on any atom is 0.275 e. The van der Waals surface area contributed by atoms with Crippen molar-refractivity contribution in [2.45, 2.75) is 6.92 Å². The maximum absolute atomic E-state index is 13.5. The highest BCUT2D eigenvalue weighted by Crippen LogP contribution is 2.35. The lowest BCUT2D eigenvalue weighted by molar-refractivity contribution is 0.626. The van der Waals surface area contributed by atoms with E-state index in [0.29, 0.717) is 15.9 Å². The summed E-state index contributed by atoms with van der Waals surface area (Å²) in [5.74, 6) is -0.394. The lowest BCUT2D eigenvalue weighted by Gasteiger charge is -2.17. The van der Waals surface area contributed by atoms with Gasteiger partial charge in [-0.2, -0.15) is 0 Å². The smallest absolute Gasteiger partial charge is 0.275 e. The molecule has 0 aliphatic carbocycles. The minimum absolute atomic E-state index is 0.219. The SMILES string of the molecule is CCN(C)c1ccnc2sc3c(=O)n(-c4cccc(F)c4)cnc3c12. The molecule has 0 saturated heterocycles. The summed E-state index contributed by atoms with van der Waals surface area (Å²) in [5, 5.41) is 0.885. The van der Waals surface area contributed by atoms with Crippen LogP contribution < -0.4 is 10.5 Å². The first kappa shape index (κ1) is 15.7. The summed E-state index contributed by atoms with van der Waals surface area (Å²) in [6.07, 6.45) is 3.19. The van der Waals surface area contributed by atoms with Crippen molar-refractivity contribution in [3.8, 4) is 5.69 Å². The molecule has 0 N–H and O–H groups in total. The van der Waals surface area contributed by atoms with Crippen LogP contribution in [0.1, 0.15) is 6.92 Å². The van der Waals surface area contributed by atoms with E-state index in [1.165, 1.54) is 34.4 Å². The van der Waals surface area contributed by atoms with Crippen LogP contribution in [0.5, 0.6) is 0 Å². The molecule has 0 amide bonds. The lowest BCUT2D eigenvalue weighted by Crippen LogP contribution is -2.18. The van der Waals surface area contributed by atoms with Gasteiger partial charge in [-0.15, -0.1) is 11.3 Å². The number of hydrogen-bond acceptors (Lipinski definition) is 5. The third kappa shape index (κ3) is 2.47. The van der Waals surface area contributed by atoms with Crippen LogP contribution in [0, 0.1) is 5.82 Å². The largest absolute Gasteiger partial charge is 0.374 e. The molecular formula is C18H15FN4OS. The molecule has 1 aromatic carbocycles. The maximum atomic E-state index is 13.5. The molecule has 3 aromatic heterocycles. The van der Waals surface area contributed by atoms with Gasteiger partial charge in [-0.25, -0.2) is 14.4 Å². The molecule has 0 aliphatic rings. The van der Waals surface area contributed by atoms with E-state index in [9.17, 15) is 9.18 Å². The number of hydrogen-bond donors (Lipinski definition) is 0. The Hall–Kier alpha value is -2.80. The molecule has 25 heavy (non-hydrogen) atoms. The number of anilines is 1. The van der Waals surface area contributed by atoms with E-state index >= 15 is 0 Å². The van der Waals surface area contributed by atoms with Crippen molar-refractivity contribution in [3.63, 3.8) is 0 Å². The van der Waals surface area contributed by atoms with Gasteiger partial charge < -0.3 is 4.90 Å². The average molecular weight is 354 g/mol. The van der Waals surface area contributed by atoms with Crippen molar-refractivity contribution in [1.82, 2.24) is 14.5 Å². The predicted molar refractivity (Wildman–Crippen MR) is 99.4 cm³/mol. The zero-order valence-electron chi connectivity index (χ0n) is 13.7. The third-order valence-corrected chi connectivity index (χ3v) is 5.31. The minimum Gasteiger partial charge on any atom is -0.374 e. The molecular weight excluding hydrogens is 339 g/mol. The molecule has 3 heterocycles. The molecule has 126 valence electrons. The van der Waals surface area contributed by atoms with Crippen LogP contribution in [-0.2, 0) is 0 Å². The fraction of sp³-hybridized carbons (Fsp3) is 0.167. The predicted octanol–water partition coefficient (Wildman–Crippen LogP) is 3.59. The van der Waals surface area contributed by atoms with Gasteiger partial charge in [-0.05, 0) is 31.2 Å². The Labute approximate surface area is 147 Å². The lowest BCUT2D eigenvalue weighted by atomic mass is 10.2. The highest BCUT2D eigenvalue weighted by molar-refractivity contribution is 7.25. The summed E-state index contributed by atoms with van der Waals surface area (Å²) < 4.78 is 15.4. The molecule has 4 aromatic rings. The van der Waals surface area contributed by atoms with Crippen molar-refractivity contribution in [2.24, 2.45) is 0 Å². The van der Waals surface area contributed by atoms with Crippen LogP contribution in [0.15, 0.2) is 47.7 Å². The fourth-order valence-electron chi connectivity index (χ4n) is 2.84. The second-order valence-corrected chi connectivity index (χ2v) is 6.70. The number of aromatic nitrogens is 3. The summed E-state index contributed by atoms with van der Waals surface area (Å²) in [6.45, 7) is 2.89. The van der Waals surface area contributed by atoms with Crippen LogP contribution in [0.3, 0.4) is 0 Å². The number of thiophene rings is 1. The van der Waals surface area contributed by atoms with Crippen molar-refractivity contribution in [2.75, 3.05) is 18.5 Å². The molecule has 0 aliphatic heterocycles. The fourth-order valence-corrected chi connectivity index (χ4v) is 3.88. The Bertz CT molecular complexity index is 1150. The van der Waals surface area contributed by atoms with Crippen molar-refractivity contribution < 1.29 is 4.39 Å². The number of fused-ring (bicyclic) bond motifs is 3.